The molecule has 4 N–H and O–H groups in total. The van der Waals surface area contributed by atoms with Crippen molar-refractivity contribution in [3.63, 3.8) is 0 Å². The number of rotatable bonds is 5. The van der Waals surface area contributed by atoms with Gasteiger partial charge in [0.1, 0.15) is 0 Å². The van der Waals surface area contributed by atoms with Gasteiger partial charge in [-0.2, -0.15) is 0 Å². The lowest BCUT2D eigenvalue weighted by atomic mass is 10.2. The number of nitrogens with one attached hydrogen (secondary N) is 2. The van der Waals surface area contributed by atoms with E-state index in [0.717, 1.165) is 16.3 Å². The van der Waals surface area contributed by atoms with E-state index in [-0.39, 0.29) is 5.91 Å². The van der Waals surface area contributed by atoms with Gasteiger partial charge in [-0.05, 0) is 36.6 Å². The minimum atomic E-state index is -0.0539. The molecule has 0 bridgehead atoms. The third-order valence-corrected chi connectivity index (χ3v) is 3.63. The van der Waals surface area contributed by atoms with Crippen LogP contribution in [0.4, 0.5) is 11.4 Å². The molecule has 0 radical (unpaired) electrons. The van der Waals surface area contributed by atoms with Crippen molar-refractivity contribution in [1.82, 2.24) is 5.32 Å². The first-order chi connectivity index (χ1) is 9.20. The van der Waals surface area contributed by atoms with Gasteiger partial charge in [0.25, 0.3) is 5.91 Å². The van der Waals surface area contributed by atoms with Crippen molar-refractivity contribution in [2.75, 3.05) is 17.6 Å². The van der Waals surface area contributed by atoms with Gasteiger partial charge >= 0.3 is 0 Å². The highest BCUT2D eigenvalue weighted by Crippen LogP contribution is 2.20. The molecule has 19 heavy (non-hydrogen) atoms. The Hall–Kier alpha value is -2.01. The molecule has 0 saturated heterocycles. The van der Waals surface area contributed by atoms with E-state index in [1.165, 1.54) is 0 Å². The topological polar surface area (TPSA) is 67.2 Å². The van der Waals surface area contributed by atoms with Gasteiger partial charge in [-0.3, -0.25) is 4.79 Å². The molecule has 100 valence electrons. The highest BCUT2D eigenvalue weighted by atomic mass is 32.1. The zero-order chi connectivity index (χ0) is 13.7. The molecule has 1 heterocycles. The first-order valence-corrected chi connectivity index (χ1v) is 7.02. The van der Waals surface area contributed by atoms with E-state index in [0.29, 0.717) is 18.7 Å². The molecule has 0 aliphatic rings. The minimum absolute atomic E-state index is 0.0539. The molecule has 0 aliphatic carbocycles. The van der Waals surface area contributed by atoms with Gasteiger partial charge in [-0.15, -0.1) is 11.3 Å². The van der Waals surface area contributed by atoms with Gasteiger partial charge in [0.05, 0.1) is 6.54 Å². The van der Waals surface area contributed by atoms with Crippen LogP contribution in [0.15, 0.2) is 35.7 Å². The van der Waals surface area contributed by atoms with Crippen molar-refractivity contribution >= 4 is 28.6 Å². The van der Waals surface area contributed by atoms with Crippen LogP contribution in [0.3, 0.4) is 0 Å². The summed E-state index contributed by atoms with van der Waals surface area (Å²) < 4.78 is 0. The van der Waals surface area contributed by atoms with E-state index < -0.39 is 0 Å². The van der Waals surface area contributed by atoms with Crippen molar-refractivity contribution in [3.05, 3.63) is 46.2 Å². The third kappa shape index (κ3) is 3.48. The number of nitrogens with two attached hydrogens (primary N) is 1. The number of nitrogen functional groups attached to an aromatic ring is 1. The monoisotopic (exact) mass is 275 g/mol. The van der Waals surface area contributed by atoms with E-state index in [2.05, 4.69) is 10.6 Å². The maximum atomic E-state index is 11.7. The molecule has 0 atom stereocenters. The van der Waals surface area contributed by atoms with Gasteiger partial charge in [0.2, 0.25) is 0 Å². The maximum Gasteiger partial charge on any atom is 0.251 e. The largest absolute Gasteiger partial charge is 0.398 e. The Morgan fingerprint density at radius 3 is 2.89 bits per heavy atom. The van der Waals surface area contributed by atoms with Crippen LogP contribution < -0.4 is 16.4 Å². The Morgan fingerprint density at radius 1 is 1.37 bits per heavy atom. The van der Waals surface area contributed by atoms with Crippen LogP contribution >= 0.6 is 11.3 Å². The predicted molar refractivity (Wildman–Crippen MR) is 80.5 cm³/mol. The fraction of sp³-hybridized carbons (Fsp3) is 0.214. The van der Waals surface area contributed by atoms with Gasteiger partial charge in [0.15, 0.2) is 0 Å². The molecule has 2 rings (SSSR count). The van der Waals surface area contributed by atoms with E-state index in [1.807, 2.05) is 36.6 Å². The summed E-state index contributed by atoms with van der Waals surface area (Å²) in [5, 5.41) is 8.03. The molecule has 0 fully saturated rings. The summed E-state index contributed by atoms with van der Waals surface area (Å²) in [5.74, 6) is -0.0539. The van der Waals surface area contributed by atoms with Gasteiger partial charge in [0, 0.05) is 28.4 Å². The number of benzene rings is 1. The molecule has 2 aromatic rings. The summed E-state index contributed by atoms with van der Waals surface area (Å²) in [7, 11) is 0. The first-order valence-electron chi connectivity index (χ1n) is 6.14. The van der Waals surface area contributed by atoms with Crippen LogP contribution in [-0.4, -0.2) is 12.5 Å². The molecule has 1 amide bonds. The molecule has 1 aromatic carbocycles. The highest BCUT2D eigenvalue weighted by Gasteiger charge is 2.05. The Labute approximate surface area is 116 Å². The zero-order valence-corrected chi connectivity index (χ0v) is 11.6. The smallest absolute Gasteiger partial charge is 0.251 e. The van der Waals surface area contributed by atoms with E-state index in [9.17, 15) is 4.79 Å². The molecule has 0 saturated carbocycles. The van der Waals surface area contributed by atoms with Crippen molar-refractivity contribution < 1.29 is 4.79 Å². The molecule has 0 aliphatic heterocycles. The molecular weight excluding hydrogens is 258 g/mol. The average molecular weight is 275 g/mol. The Bertz CT molecular complexity index is 565. The van der Waals surface area contributed by atoms with E-state index in [1.54, 1.807) is 17.4 Å². The van der Waals surface area contributed by atoms with E-state index >= 15 is 0 Å². The lowest BCUT2D eigenvalue weighted by molar-refractivity contribution is 0.0956. The van der Waals surface area contributed by atoms with Crippen LogP contribution in [-0.2, 0) is 6.54 Å². The highest BCUT2D eigenvalue weighted by molar-refractivity contribution is 7.10. The summed E-state index contributed by atoms with van der Waals surface area (Å²) in [4.78, 5) is 12.8. The third-order valence-electron chi connectivity index (χ3n) is 2.70. The van der Waals surface area contributed by atoms with Crippen molar-refractivity contribution in [2.24, 2.45) is 0 Å². The molecule has 0 unspecified atom stereocenters. The summed E-state index contributed by atoms with van der Waals surface area (Å²) in [5.41, 5.74) is 8.20. The normalized spacial score (nSPS) is 10.2. The van der Waals surface area contributed by atoms with E-state index in [4.69, 9.17) is 5.73 Å². The molecule has 4 nitrogen and oxygen atoms in total. The van der Waals surface area contributed by atoms with Crippen LogP contribution in [0.2, 0.25) is 0 Å². The Morgan fingerprint density at radius 2 is 2.21 bits per heavy atom. The second-order valence-corrected chi connectivity index (χ2v) is 5.09. The number of hydrogen-bond donors (Lipinski definition) is 3. The number of hydrogen-bond acceptors (Lipinski definition) is 4. The minimum Gasteiger partial charge on any atom is -0.398 e. The maximum absolute atomic E-state index is 11.7. The second-order valence-electron chi connectivity index (χ2n) is 4.09. The lowest BCUT2D eigenvalue weighted by Crippen LogP contribution is -2.22. The van der Waals surface area contributed by atoms with Crippen LogP contribution in [0, 0.1) is 0 Å². The quantitative estimate of drug-likeness (QED) is 0.786. The number of thiophene rings is 1. The SMILES string of the molecule is CCNC(=O)c1cccc(NCc2sccc2N)c1. The summed E-state index contributed by atoms with van der Waals surface area (Å²) >= 11 is 1.62. The van der Waals surface area contributed by atoms with Gasteiger partial charge < -0.3 is 16.4 Å². The summed E-state index contributed by atoms with van der Waals surface area (Å²) in [6.45, 7) is 3.20. The fourth-order valence-corrected chi connectivity index (χ4v) is 2.45. The van der Waals surface area contributed by atoms with Gasteiger partial charge in [-0.1, -0.05) is 6.07 Å². The van der Waals surface area contributed by atoms with Crippen molar-refractivity contribution in [3.8, 4) is 0 Å². The Balaban J connectivity index is 2.03. The van der Waals surface area contributed by atoms with Crippen LogP contribution in [0.25, 0.3) is 0 Å². The second kappa shape index (κ2) is 6.24. The number of anilines is 2. The molecular formula is C14H17N3OS. The number of amides is 1. The average Bonchev–Trinajstić information content (AvgIpc) is 2.82. The van der Waals surface area contributed by atoms with Crippen LogP contribution in [0.1, 0.15) is 22.2 Å². The first kappa shape index (κ1) is 13.4. The molecule has 0 spiro atoms. The van der Waals surface area contributed by atoms with Crippen molar-refractivity contribution in [1.29, 1.82) is 0 Å². The summed E-state index contributed by atoms with van der Waals surface area (Å²) in [6.07, 6.45) is 0. The molecule has 5 heteroatoms. The summed E-state index contributed by atoms with van der Waals surface area (Å²) in [6, 6.07) is 9.34. The van der Waals surface area contributed by atoms with Gasteiger partial charge in [-0.25, -0.2) is 0 Å². The lowest BCUT2D eigenvalue weighted by Gasteiger charge is -2.08. The standard InChI is InChI=1S/C14H17N3OS/c1-2-16-14(18)10-4-3-5-11(8-10)17-9-13-12(15)6-7-19-13/h3-8,17H,2,9,15H2,1H3,(H,16,18). The fourth-order valence-electron chi connectivity index (χ4n) is 1.71. The zero-order valence-electron chi connectivity index (χ0n) is 10.8. The van der Waals surface area contributed by atoms with Crippen molar-refractivity contribution in [2.45, 2.75) is 13.5 Å². The Kier molecular flexibility index (Phi) is 4.41. The molecule has 1 aromatic heterocycles. The van der Waals surface area contributed by atoms with Crippen LogP contribution in [0.5, 0.6) is 0 Å². The number of carbonyl (C=O) groups excluding carboxylic acids is 1. The predicted octanol–water partition coefficient (Wildman–Crippen LogP) is 2.69. The number of carbonyl (C=O) groups is 1.